The second-order valence-electron chi connectivity index (χ2n) is 7.37. The maximum absolute atomic E-state index is 12.8. The first kappa shape index (κ1) is 19.9. The van der Waals surface area contributed by atoms with Crippen LogP contribution in [0.25, 0.3) is 0 Å². The molecule has 1 aliphatic heterocycles. The topological polar surface area (TPSA) is 99.1 Å². The van der Waals surface area contributed by atoms with Crippen molar-refractivity contribution in [2.75, 3.05) is 11.9 Å². The Morgan fingerprint density at radius 3 is 2.58 bits per heavy atom. The molecular weight excluding hydrogens is 336 g/mol. The summed E-state index contributed by atoms with van der Waals surface area (Å²) >= 11 is 0. The van der Waals surface area contributed by atoms with E-state index in [2.05, 4.69) is 11.9 Å². The zero-order valence-corrected chi connectivity index (χ0v) is 15.6. The van der Waals surface area contributed by atoms with Crippen LogP contribution in [0.5, 0.6) is 0 Å². The van der Waals surface area contributed by atoms with Gasteiger partial charge in [-0.15, -0.1) is 0 Å². The van der Waals surface area contributed by atoms with Crippen LogP contribution in [-0.4, -0.2) is 45.3 Å². The molecule has 26 heavy (non-hydrogen) atoms. The van der Waals surface area contributed by atoms with Crippen molar-refractivity contribution < 1.29 is 24.5 Å². The van der Waals surface area contributed by atoms with Gasteiger partial charge in [0.15, 0.2) is 6.29 Å². The third kappa shape index (κ3) is 4.42. The zero-order chi connectivity index (χ0) is 19.6. The molecule has 1 aromatic carbocycles. The predicted octanol–water partition coefficient (Wildman–Crippen LogP) is 2.48. The van der Waals surface area contributed by atoms with Crippen LogP contribution in [-0.2, 0) is 9.53 Å². The van der Waals surface area contributed by atoms with Crippen LogP contribution in [0.3, 0.4) is 0 Å². The van der Waals surface area contributed by atoms with Gasteiger partial charge in [-0.1, -0.05) is 18.7 Å². The largest absolute Gasteiger partial charge is 0.444 e. The van der Waals surface area contributed by atoms with E-state index < -0.39 is 29.9 Å². The van der Waals surface area contributed by atoms with Gasteiger partial charge in [0, 0.05) is 17.8 Å². The number of anilines is 1. The molecule has 1 aromatic rings. The van der Waals surface area contributed by atoms with Crippen molar-refractivity contribution in [2.45, 2.75) is 52.0 Å². The summed E-state index contributed by atoms with van der Waals surface area (Å²) in [6.45, 7) is 11.2. The first-order valence-electron chi connectivity index (χ1n) is 8.45. The van der Waals surface area contributed by atoms with Crippen molar-refractivity contribution in [3.63, 3.8) is 0 Å². The minimum atomic E-state index is -1.63. The summed E-state index contributed by atoms with van der Waals surface area (Å²) in [4.78, 5) is 26.6. The fourth-order valence-corrected chi connectivity index (χ4v) is 2.86. The van der Waals surface area contributed by atoms with Crippen molar-refractivity contribution in [2.24, 2.45) is 0 Å². The van der Waals surface area contributed by atoms with Crippen molar-refractivity contribution in [1.82, 2.24) is 4.90 Å². The van der Waals surface area contributed by atoms with Crippen LogP contribution in [0.4, 0.5) is 10.5 Å². The van der Waals surface area contributed by atoms with E-state index in [-0.39, 0.29) is 0 Å². The molecule has 3 N–H and O–H groups in total. The Labute approximate surface area is 153 Å². The molecule has 142 valence electrons. The zero-order valence-electron chi connectivity index (χ0n) is 15.6. The Morgan fingerprint density at radius 2 is 2.00 bits per heavy atom. The lowest BCUT2D eigenvalue weighted by atomic mass is 10.1. The van der Waals surface area contributed by atoms with Gasteiger partial charge in [-0.3, -0.25) is 9.69 Å². The summed E-state index contributed by atoms with van der Waals surface area (Å²) in [5, 5.41) is 21.6. The summed E-state index contributed by atoms with van der Waals surface area (Å²) in [7, 11) is 0. The highest BCUT2D eigenvalue weighted by atomic mass is 16.6. The van der Waals surface area contributed by atoms with Gasteiger partial charge in [0.25, 0.3) is 5.91 Å². The molecule has 1 unspecified atom stereocenters. The Kier molecular flexibility index (Phi) is 5.73. The average Bonchev–Trinajstić information content (AvgIpc) is 2.89. The Bertz CT molecular complexity index is 721. The summed E-state index contributed by atoms with van der Waals surface area (Å²) < 4.78 is 5.37. The van der Waals surface area contributed by atoms with E-state index in [4.69, 9.17) is 4.74 Å². The summed E-state index contributed by atoms with van der Waals surface area (Å²) in [6, 6.07) is 4.02. The molecule has 1 atom stereocenters. The van der Waals surface area contributed by atoms with Crippen molar-refractivity contribution in [3.05, 3.63) is 41.5 Å². The number of carbonyl (C=O) groups excluding carboxylic acids is 2. The van der Waals surface area contributed by atoms with Crippen LogP contribution in [0.1, 0.15) is 44.6 Å². The summed E-state index contributed by atoms with van der Waals surface area (Å²) in [6.07, 6.45) is -1.68. The van der Waals surface area contributed by atoms with Gasteiger partial charge in [0.05, 0.1) is 0 Å². The maximum Gasteiger partial charge on any atom is 0.411 e. The van der Waals surface area contributed by atoms with Gasteiger partial charge in [-0.2, -0.15) is 0 Å². The monoisotopic (exact) mass is 362 g/mol. The third-order valence-electron chi connectivity index (χ3n) is 4.16. The molecule has 7 nitrogen and oxygen atoms in total. The van der Waals surface area contributed by atoms with Crippen LogP contribution in [0, 0.1) is 6.92 Å². The van der Waals surface area contributed by atoms with Crippen molar-refractivity contribution in [3.8, 4) is 0 Å². The molecule has 0 saturated carbocycles. The van der Waals surface area contributed by atoms with Gasteiger partial charge in [0.1, 0.15) is 11.6 Å². The van der Waals surface area contributed by atoms with Gasteiger partial charge in [0.2, 0.25) is 0 Å². The number of amides is 2. The maximum atomic E-state index is 12.8. The average molecular weight is 362 g/mol. The molecule has 1 aliphatic rings. The standard InChI is InChI=1S/C19H26N2O5/c1-11-9-10-21(18(25)26-19(3,4)5)15(11)16(22)20-14-8-6-7-13(12(14)2)17(23)24/h6-8,15,17,23-24H,1,9-10H2,2-5H3,(H,20,22). The first-order chi connectivity index (χ1) is 12.0. The van der Waals surface area contributed by atoms with Crippen LogP contribution in [0.15, 0.2) is 30.4 Å². The van der Waals surface area contributed by atoms with Gasteiger partial charge >= 0.3 is 6.09 Å². The highest BCUT2D eigenvalue weighted by Crippen LogP contribution is 2.28. The molecule has 0 spiro atoms. The lowest BCUT2D eigenvalue weighted by Crippen LogP contribution is -2.46. The first-order valence-corrected chi connectivity index (χ1v) is 8.45. The van der Waals surface area contributed by atoms with Gasteiger partial charge in [-0.25, -0.2) is 4.79 Å². The number of ether oxygens (including phenoxy) is 1. The van der Waals surface area contributed by atoms with E-state index in [9.17, 15) is 19.8 Å². The SMILES string of the molecule is C=C1CCN(C(=O)OC(C)(C)C)C1C(=O)Nc1cccc(C(O)O)c1C. The molecule has 0 aliphatic carbocycles. The number of aliphatic hydroxyl groups is 2. The van der Waals surface area contributed by atoms with E-state index in [0.717, 1.165) is 0 Å². The molecule has 1 heterocycles. The minimum Gasteiger partial charge on any atom is -0.444 e. The molecule has 2 rings (SSSR count). The number of nitrogens with zero attached hydrogens (tertiary/aromatic N) is 1. The van der Waals surface area contributed by atoms with E-state index >= 15 is 0 Å². The van der Waals surface area contributed by atoms with E-state index in [1.54, 1.807) is 45.9 Å². The fourth-order valence-electron chi connectivity index (χ4n) is 2.86. The van der Waals surface area contributed by atoms with Crippen LogP contribution >= 0.6 is 0 Å². The molecule has 2 amide bonds. The molecule has 1 saturated heterocycles. The van der Waals surface area contributed by atoms with Gasteiger partial charge < -0.3 is 20.3 Å². The molecule has 7 heteroatoms. The highest BCUT2D eigenvalue weighted by Gasteiger charge is 2.39. The summed E-state index contributed by atoms with van der Waals surface area (Å²) in [5.74, 6) is -0.411. The smallest absolute Gasteiger partial charge is 0.411 e. The number of hydrogen-bond acceptors (Lipinski definition) is 5. The lowest BCUT2D eigenvalue weighted by Gasteiger charge is -2.28. The molecule has 1 fully saturated rings. The Morgan fingerprint density at radius 1 is 1.35 bits per heavy atom. The van der Waals surface area contributed by atoms with Crippen molar-refractivity contribution >= 4 is 17.7 Å². The molecular formula is C19H26N2O5. The molecule has 0 bridgehead atoms. The van der Waals surface area contributed by atoms with Gasteiger partial charge in [-0.05, 0) is 51.3 Å². The molecule has 0 radical (unpaired) electrons. The second kappa shape index (κ2) is 7.47. The number of benzene rings is 1. The van der Waals surface area contributed by atoms with E-state index in [1.807, 2.05) is 0 Å². The quantitative estimate of drug-likeness (QED) is 0.567. The predicted molar refractivity (Wildman–Crippen MR) is 97.5 cm³/mol. The lowest BCUT2D eigenvalue weighted by molar-refractivity contribution is -0.119. The second-order valence-corrected chi connectivity index (χ2v) is 7.37. The summed E-state index contributed by atoms with van der Waals surface area (Å²) in [5.41, 5.74) is 1.26. The number of rotatable bonds is 3. The number of likely N-dealkylation sites (tertiary alicyclic amines) is 1. The van der Waals surface area contributed by atoms with Crippen LogP contribution in [0.2, 0.25) is 0 Å². The highest BCUT2D eigenvalue weighted by molar-refractivity contribution is 5.99. The van der Waals surface area contributed by atoms with Crippen LogP contribution < -0.4 is 5.32 Å². The fraction of sp³-hybridized carbons (Fsp3) is 0.474. The van der Waals surface area contributed by atoms with E-state index in [0.29, 0.717) is 35.4 Å². The Balaban J connectivity index is 2.21. The number of aliphatic hydroxyl groups excluding tert-OH is 1. The number of carbonyl (C=O) groups is 2. The minimum absolute atomic E-state index is 0.303. The van der Waals surface area contributed by atoms with Crippen molar-refractivity contribution in [1.29, 1.82) is 0 Å². The number of hydrogen-bond donors (Lipinski definition) is 3. The Hall–Kier alpha value is -2.38. The number of nitrogens with one attached hydrogen (secondary N) is 1. The third-order valence-corrected chi connectivity index (χ3v) is 4.16. The normalized spacial score (nSPS) is 17.6. The van der Waals surface area contributed by atoms with E-state index in [1.165, 1.54) is 4.90 Å². The molecule has 0 aromatic heterocycles.